The lowest BCUT2D eigenvalue weighted by Crippen LogP contribution is -2.09. The summed E-state index contributed by atoms with van der Waals surface area (Å²) in [5.41, 5.74) is 0. The van der Waals surface area contributed by atoms with Gasteiger partial charge in [-0.25, -0.2) is 0 Å². The number of hydrogen-bond acceptors (Lipinski definition) is 3. The van der Waals surface area contributed by atoms with Gasteiger partial charge in [-0.05, 0) is 34.1 Å². The van der Waals surface area contributed by atoms with Crippen LogP contribution in [0, 0.1) is 0 Å². The molecule has 17 heavy (non-hydrogen) atoms. The van der Waals surface area contributed by atoms with Gasteiger partial charge in [0.15, 0.2) is 17.4 Å². The Labute approximate surface area is 115 Å². The number of carboxylic acids is 1. The normalized spacial score (nSPS) is 9.35. The van der Waals surface area contributed by atoms with Gasteiger partial charge in [-0.15, -0.1) is 0 Å². The molecule has 0 unspecified atom stereocenters. The third kappa shape index (κ3) is 25.7. The van der Waals surface area contributed by atoms with E-state index < -0.39 is 5.97 Å². The number of aliphatic carboxylic acids is 1. The molecule has 0 aliphatic carbocycles. The molecule has 102 valence electrons. The molecular formula is C12H27AlO4. The van der Waals surface area contributed by atoms with E-state index in [1.807, 2.05) is 34.6 Å². The van der Waals surface area contributed by atoms with Crippen molar-refractivity contribution in [3.05, 3.63) is 0 Å². The molecule has 0 aliphatic heterocycles. The topological polar surface area (TPSA) is 63.6 Å². The molecule has 5 heteroatoms. The third-order valence-corrected chi connectivity index (χ3v) is 1.42. The second kappa shape index (κ2) is 13.7. The minimum atomic E-state index is -1.03. The predicted molar refractivity (Wildman–Crippen MR) is 73.5 cm³/mol. The molecule has 0 fully saturated rings. The maximum atomic E-state index is 10.5. The largest absolute Gasteiger partial charge is 0.481 e. The molecule has 0 spiro atoms. The Bertz CT molecular complexity index is 197. The highest BCUT2D eigenvalue weighted by molar-refractivity contribution is 5.94. The van der Waals surface area contributed by atoms with Gasteiger partial charge in [-0.1, -0.05) is 6.92 Å². The van der Waals surface area contributed by atoms with E-state index >= 15 is 0 Å². The minimum Gasteiger partial charge on any atom is -0.481 e. The summed E-state index contributed by atoms with van der Waals surface area (Å²) in [5.74, 6) is -1.22. The van der Waals surface area contributed by atoms with Gasteiger partial charge < -0.3 is 9.84 Å². The van der Waals surface area contributed by atoms with Crippen LogP contribution in [0.3, 0.4) is 0 Å². The van der Waals surface area contributed by atoms with Crippen molar-refractivity contribution < 1.29 is 19.4 Å². The zero-order valence-electron chi connectivity index (χ0n) is 10.9. The minimum absolute atomic E-state index is 0. The quantitative estimate of drug-likeness (QED) is 0.581. The van der Waals surface area contributed by atoms with Crippen molar-refractivity contribution in [2.24, 2.45) is 0 Å². The lowest BCUT2D eigenvalue weighted by Gasteiger charge is -2.09. The summed E-state index contributed by atoms with van der Waals surface area (Å²) in [7, 11) is 0. The molecule has 0 aromatic heterocycles. The van der Waals surface area contributed by atoms with Crippen molar-refractivity contribution in [2.75, 3.05) is 0 Å². The summed E-state index contributed by atoms with van der Waals surface area (Å²) in [6.45, 7) is 10.0. The van der Waals surface area contributed by atoms with E-state index in [2.05, 4.69) is 0 Å². The Balaban J connectivity index is -0.000000224. The fourth-order valence-electron chi connectivity index (χ4n) is 1.08. The lowest BCUT2D eigenvalue weighted by molar-refractivity contribution is -0.140. The number of carbonyl (C=O) groups is 2. The fourth-order valence-corrected chi connectivity index (χ4v) is 1.08. The number of rotatable bonds is 6. The second-order valence-electron chi connectivity index (χ2n) is 4.09. The first-order chi connectivity index (χ1) is 7.29. The molecule has 0 aromatic rings. The van der Waals surface area contributed by atoms with Gasteiger partial charge in [0.1, 0.15) is 12.2 Å². The summed E-state index contributed by atoms with van der Waals surface area (Å²) in [6.07, 6.45) is 1.53. The zero-order chi connectivity index (χ0) is 13.1. The maximum Gasteiger partial charge on any atom is 0.310 e. The molecule has 0 rings (SSSR count). The molecule has 0 saturated carbocycles. The summed E-state index contributed by atoms with van der Waals surface area (Å²) < 4.78 is 5.25. The molecule has 0 aliphatic rings. The van der Waals surface area contributed by atoms with Gasteiger partial charge >= 0.3 is 5.97 Å². The Hall–Kier alpha value is -0.368. The Morgan fingerprint density at radius 3 is 1.71 bits per heavy atom. The van der Waals surface area contributed by atoms with Crippen molar-refractivity contribution in [3.63, 3.8) is 0 Å². The first-order valence-electron chi connectivity index (χ1n) is 5.68. The van der Waals surface area contributed by atoms with E-state index in [-0.39, 0.29) is 29.6 Å². The van der Waals surface area contributed by atoms with E-state index in [1.54, 1.807) is 0 Å². The van der Waals surface area contributed by atoms with Gasteiger partial charge in [0.2, 0.25) is 0 Å². The monoisotopic (exact) mass is 262 g/mol. The van der Waals surface area contributed by atoms with Crippen LogP contribution in [0.25, 0.3) is 0 Å². The van der Waals surface area contributed by atoms with E-state index in [0.717, 1.165) is 6.42 Å². The molecule has 0 radical (unpaired) electrons. The Kier molecular flexibility index (Phi) is 17.6. The number of hydrogen-bond donors (Lipinski definition) is 1. The first-order valence-corrected chi connectivity index (χ1v) is 5.68. The standard InChI is InChI=1S/C6H10O3.C6H14O.Al.3H/c1-2-3-5(7)4-6(8)9;1-5(2)7-6(3)4;;;;/h2-4H2,1H3,(H,8,9);5-6H,1-4H3;;;;. The highest BCUT2D eigenvalue weighted by Gasteiger charge is 2.04. The third-order valence-electron chi connectivity index (χ3n) is 1.42. The van der Waals surface area contributed by atoms with Crippen LogP contribution >= 0.6 is 0 Å². The van der Waals surface area contributed by atoms with E-state index in [4.69, 9.17) is 9.84 Å². The van der Waals surface area contributed by atoms with Crippen LogP contribution in [0.5, 0.6) is 0 Å². The second-order valence-corrected chi connectivity index (χ2v) is 4.09. The van der Waals surface area contributed by atoms with Crippen molar-refractivity contribution in [3.8, 4) is 0 Å². The number of ketones is 1. The van der Waals surface area contributed by atoms with E-state index in [9.17, 15) is 9.59 Å². The van der Waals surface area contributed by atoms with Crippen LogP contribution in [-0.4, -0.2) is 46.4 Å². The van der Waals surface area contributed by atoms with Crippen molar-refractivity contribution >= 4 is 29.1 Å². The van der Waals surface area contributed by atoms with Crippen LogP contribution in [0.15, 0.2) is 0 Å². The smallest absolute Gasteiger partial charge is 0.310 e. The molecule has 0 aromatic carbocycles. The molecule has 0 heterocycles. The Morgan fingerprint density at radius 1 is 1.12 bits per heavy atom. The number of Topliss-reactive ketones (excluding diaryl/α,β-unsaturated/α-hetero) is 1. The van der Waals surface area contributed by atoms with Crippen molar-refractivity contribution in [2.45, 2.75) is 66.1 Å². The summed E-state index contributed by atoms with van der Waals surface area (Å²) in [4.78, 5) is 20.3. The van der Waals surface area contributed by atoms with Crippen LogP contribution in [-0.2, 0) is 14.3 Å². The summed E-state index contributed by atoms with van der Waals surface area (Å²) >= 11 is 0. The lowest BCUT2D eigenvalue weighted by atomic mass is 10.2. The Morgan fingerprint density at radius 2 is 1.53 bits per heavy atom. The summed E-state index contributed by atoms with van der Waals surface area (Å²) in [6, 6.07) is 0. The van der Waals surface area contributed by atoms with Crippen LogP contribution in [0.1, 0.15) is 53.9 Å². The van der Waals surface area contributed by atoms with Gasteiger partial charge in [-0.3, -0.25) is 9.59 Å². The van der Waals surface area contributed by atoms with Gasteiger partial charge in [-0.2, -0.15) is 0 Å². The van der Waals surface area contributed by atoms with Gasteiger partial charge in [0, 0.05) is 6.42 Å². The average Bonchev–Trinajstić information content (AvgIpc) is 2.00. The van der Waals surface area contributed by atoms with Crippen LogP contribution < -0.4 is 0 Å². The van der Waals surface area contributed by atoms with Crippen LogP contribution in [0.2, 0.25) is 0 Å². The van der Waals surface area contributed by atoms with Gasteiger partial charge in [0.05, 0.1) is 12.2 Å². The van der Waals surface area contributed by atoms with Crippen molar-refractivity contribution in [1.82, 2.24) is 0 Å². The van der Waals surface area contributed by atoms with E-state index in [0.29, 0.717) is 18.6 Å². The maximum absolute atomic E-state index is 10.5. The molecule has 0 atom stereocenters. The number of carbonyl (C=O) groups excluding carboxylic acids is 1. The molecule has 0 bridgehead atoms. The zero-order valence-corrected chi connectivity index (χ0v) is 10.9. The average molecular weight is 262 g/mol. The molecular weight excluding hydrogens is 235 g/mol. The van der Waals surface area contributed by atoms with Gasteiger partial charge in [0.25, 0.3) is 0 Å². The molecule has 0 amide bonds. The number of carboxylic acid groups (broad SMARTS) is 1. The molecule has 1 N–H and O–H groups in total. The molecule has 4 nitrogen and oxygen atoms in total. The number of ether oxygens (including phenoxy) is 1. The SMILES string of the molecule is CC(C)OC(C)C.CCCC(=O)CC(=O)O.[AlH3]. The highest BCUT2D eigenvalue weighted by Crippen LogP contribution is 1.93. The highest BCUT2D eigenvalue weighted by atomic mass is 27.0. The summed E-state index contributed by atoms with van der Waals surface area (Å²) in [5, 5.41) is 8.09. The first kappa shape index (κ1) is 21.9. The molecule has 0 saturated heterocycles. The van der Waals surface area contributed by atoms with Crippen molar-refractivity contribution in [1.29, 1.82) is 0 Å². The predicted octanol–water partition coefficient (Wildman–Crippen LogP) is 1.47. The fraction of sp³-hybridized carbons (Fsp3) is 0.833. The van der Waals surface area contributed by atoms with E-state index in [1.165, 1.54) is 0 Å². The van der Waals surface area contributed by atoms with Crippen LogP contribution in [0.4, 0.5) is 0 Å².